The van der Waals surface area contributed by atoms with Crippen LogP contribution in [0.5, 0.6) is 0 Å². The molecule has 7 heteroatoms. The maximum atomic E-state index is 13.8. The van der Waals surface area contributed by atoms with Crippen molar-refractivity contribution in [2.75, 3.05) is 42.9 Å². The quantitative estimate of drug-likeness (QED) is 0.932. The molecule has 0 unspecified atom stereocenters. The summed E-state index contributed by atoms with van der Waals surface area (Å²) in [6.45, 7) is 8.73. The second kappa shape index (κ2) is 7.09. The highest BCUT2D eigenvalue weighted by Crippen LogP contribution is 2.23. The van der Waals surface area contributed by atoms with Crippen molar-refractivity contribution in [2.45, 2.75) is 13.8 Å². The standard InChI is InChI=1S/C17H21F2N5/c1-3-23-7-9-24(10-8-23)15-11-12(2)20-17(21-15)22-16-13(18)5-4-6-14(16)19/h4-6,11H,3,7-10H2,1-2H3,(H,20,21,22). The number of nitrogens with one attached hydrogen (secondary N) is 1. The molecule has 128 valence electrons. The zero-order chi connectivity index (χ0) is 17.1. The van der Waals surface area contributed by atoms with Crippen molar-refractivity contribution < 1.29 is 8.78 Å². The summed E-state index contributed by atoms with van der Waals surface area (Å²) in [6, 6.07) is 5.62. The first-order valence-corrected chi connectivity index (χ1v) is 8.11. The van der Waals surface area contributed by atoms with Gasteiger partial charge in [-0.25, -0.2) is 13.8 Å². The molecule has 1 aliphatic rings. The van der Waals surface area contributed by atoms with Gasteiger partial charge in [0, 0.05) is 37.9 Å². The molecule has 5 nitrogen and oxygen atoms in total. The Labute approximate surface area is 140 Å². The van der Waals surface area contributed by atoms with Crippen LogP contribution in [-0.2, 0) is 0 Å². The number of aromatic nitrogens is 2. The topological polar surface area (TPSA) is 44.3 Å². The molecule has 0 radical (unpaired) electrons. The van der Waals surface area contributed by atoms with E-state index < -0.39 is 11.6 Å². The van der Waals surface area contributed by atoms with E-state index in [9.17, 15) is 8.78 Å². The van der Waals surface area contributed by atoms with Crippen LogP contribution in [0.1, 0.15) is 12.6 Å². The number of piperazine rings is 1. The summed E-state index contributed by atoms with van der Waals surface area (Å²) in [5.41, 5.74) is 0.516. The molecule has 0 aliphatic carbocycles. The normalized spacial score (nSPS) is 15.6. The number of hydrogen-bond donors (Lipinski definition) is 1. The van der Waals surface area contributed by atoms with E-state index >= 15 is 0 Å². The number of halogens is 2. The summed E-state index contributed by atoms with van der Waals surface area (Å²) < 4.78 is 27.6. The largest absolute Gasteiger partial charge is 0.354 e. The lowest BCUT2D eigenvalue weighted by Crippen LogP contribution is -2.46. The number of rotatable bonds is 4. The van der Waals surface area contributed by atoms with E-state index in [1.807, 2.05) is 13.0 Å². The average Bonchev–Trinajstić information content (AvgIpc) is 2.58. The molecule has 1 aromatic heterocycles. The number of aryl methyl sites for hydroxylation is 1. The minimum Gasteiger partial charge on any atom is -0.354 e. The van der Waals surface area contributed by atoms with Crippen molar-refractivity contribution in [3.63, 3.8) is 0 Å². The summed E-state index contributed by atoms with van der Waals surface area (Å²) in [7, 11) is 0. The molecule has 1 aromatic carbocycles. The first-order valence-electron chi connectivity index (χ1n) is 8.11. The van der Waals surface area contributed by atoms with E-state index in [2.05, 4.69) is 32.0 Å². The highest BCUT2D eigenvalue weighted by Gasteiger charge is 2.18. The van der Waals surface area contributed by atoms with Gasteiger partial charge in [-0.1, -0.05) is 13.0 Å². The van der Waals surface area contributed by atoms with E-state index in [1.54, 1.807) is 0 Å². The van der Waals surface area contributed by atoms with Gasteiger partial charge in [-0.15, -0.1) is 0 Å². The Morgan fingerprint density at radius 3 is 2.38 bits per heavy atom. The van der Waals surface area contributed by atoms with Gasteiger partial charge < -0.3 is 15.1 Å². The Morgan fingerprint density at radius 2 is 1.75 bits per heavy atom. The van der Waals surface area contributed by atoms with Crippen molar-refractivity contribution in [3.05, 3.63) is 41.6 Å². The second-order valence-electron chi connectivity index (χ2n) is 5.83. The van der Waals surface area contributed by atoms with Crippen molar-refractivity contribution in [3.8, 4) is 0 Å². The first-order chi connectivity index (χ1) is 11.6. The van der Waals surface area contributed by atoms with Gasteiger partial charge in [0.15, 0.2) is 0 Å². The van der Waals surface area contributed by atoms with Crippen LogP contribution in [0.2, 0.25) is 0 Å². The van der Waals surface area contributed by atoms with E-state index in [0.717, 1.165) is 44.2 Å². The van der Waals surface area contributed by atoms with Crippen LogP contribution in [0.15, 0.2) is 24.3 Å². The summed E-state index contributed by atoms with van der Waals surface area (Å²) in [5, 5.41) is 2.67. The predicted molar refractivity (Wildman–Crippen MR) is 90.7 cm³/mol. The maximum absolute atomic E-state index is 13.8. The molecule has 1 N–H and O–H groups in total. The van der Waals surface area contributed by atoms with Crippen molar-refractivity contribution in [1.29, 1.82) is 0 Å². The Hall–Kier alpha value is -2.28. The molecule has 0 atom stereocenters. The van der Waals surface area contributed by atoms with Crippen LogP contribution in [0.25, 0.3) is 0 Å². The van der Waals surface area contributed by atoms with Crippen LogP contribution in [0, 0.1) is 18.6 Å². The molecule has 2 heterocycles. The average molecular weight is 333 g/mol. The van der Waals surface area contributed by atoms with Gasteiger partial charge in [-0.05, 0) is 25.6 Å². The summed E-state index contributed by atoms with van der Waals surface area (Å²) in [4.78, 5) is 13.2. The van der Waals surface area contributed by atoms with Crippen molar-refractivity contribution >= 4 is 17.5 Å². The number of anilines is 3. The third kappa shape index (κ3) is 3.62. The van der Waals surface area contributed by atoms with Crippen molar-refractivity contribution in [2.24, 2.45) is 0 Å². The van der Waals surface area contributed by atoms with Crippen LogP contribution in [0.4, 0.5) is 26.2 Å². The molecule has 0 amide bonds. The lowest BCUT2D eigenvalue weighted by molar-refractivity contribution is 0.270. The smallest absolute Gasteiger partial charge is 0.229 e. The number of para-hydroxylation sites is 1. The van der Waals surface area contributed by atoms with Crippen LogP contribution in [0.3, 0.4) is 0 Å². The molecule has 1 fully saturated rings. The molecule has 24 heavy (non-hydrogen) atoms. The van der Waals surface area contributed by atoms with E-state index in [1.165, 1.54) is 18.2 Å². The summed E-state index contributed by atoms with van der Waals surface area (Å²) in [6.07, 6.45) is 0. The van der Waals surface area contributed by atoms with E-state index in [4.69, 9.17) is 0 Å². The summed E-state index contributed by atoms with van der Waals surface area (Å²) >= 11 is 0. The molecule has 3 rings (SSSR count). The van der Waals surface area contributed by atoms with Crippen molar-refractivity contribution in [1.82, 2.24) is 14.9 Å². The Balaban J connectivity index is 1.82. The first kappa shape index (κ1) is 16.6. The van der Waals surface area contributed by atoms with Gasteiger partial charge in [-0.3, -0.25) is 0 Å². The van der Waals surface area contributed by atoms with Gasteiger partial charge in [0.2, 0.25) is 5.95 Å². The molecule has 0 spiro atoms. The Bertz CT molecular complexity index is 694. The van der Waals surface area contributed by atoms with Gasteiger partial charge in [-0.2, -0.15) is 4.98 Å². The minimum absolute atomic E-state index is 0.201. The minimum atomic E-state index is -0.668. The lowest BCUT2D eigenvalue weighted by atomic mass is 10.3. The fourth-order valence-corrected chi connectivity index (χ4v) is 2.79. The van der Waals surface area contributed by atoms with Crippen LogP contribution in [-0.4, -0.2) is 47.6 Å². The third-order valence-corrected chi connectivity index (χ3v) is 4.18. The van der Waals surface area contributed by atoms with Gasteiger partial charge in [0.25, 0.3) is 0 Å². The van der Waals surface area contributed by atoms with E-state index in [0.29, 0.717) is 0 Å². The molecule has 0 bridgehead atoms. The highest BCUT2D eigenvalue weighted by atomic mass is 19.1. The van der Waals surface area contributed by atoms with Gasteiger partial charge in [0.05, 0.1) is 0 Å². The number of hydrogen-bond acceptors (Lipinski definition) is 5. The zero-order valence-electron chi connectivity index (χ0n) is 13.9. The number of nitrogens with zero attached hydrogens (tertiary/aromatic N) is 4. The fourth-order valence-electron chi connectivity index (χ4n) is 2.79. The molecule has 1 aliphatic heterocycles. The fraction of sp³-hybridized carbons (Fsp3) is 0.412. The third-order valence-electron chi connectivity index (χ3n) is 4.18. The Morgan fingerprint density at radius 1 is 1.08 bits per heavy atom. The number of likely N-dealkylation sites (N-methyl/N-ethyl adjacent to an activating group) is 1. The van der Waals surface area contributed by atoms with Gasteiger partial charge >= 0.3 is 0 Å². The molecular weight excluding hydrogens is 312 g/mol. The highest BCUT2D eigenvalue weighted by molar-refractivity contribution is 5.57. The molecular formula is C17H21F2N5. The number of benzene rings is 1. The van der Waals surface area contributed by atoms with Crippen LogP contribution >= 0.6 is 0 Å². The monoisotopic (exact) mass is 333 g/mol. The molecule has 0 saturated carbocycles. The maximum Gasteiger partial charge on any atom is 0.229 e. The molecule has 1 saturated heterocycles. The molecule has 2 aromatic rings. The predicted octanol–water partition coefficient (Wildman–Crippen LogP) is 2.95. The van der Waals surface area contributed by atoms with E-state index in [-0.39, 0.29) is 11.6 Å². The van der Waals surface area contributed by atoms with Gasteiger partial charge in [0.1, 0.15) is 23.1 Å². The lowest BCUT2D eigenvalue weighted by Gasteiger charge is -2.34. The second-order valence-corrected chi connectivity index (χ2v) is 5.83. The zero-order valence-corrected chi connectivity index (χ0v) is 13.9. The summed E-state index contributed by atoms with van der Waals surface area (Å²) in [5.74, 6) is -0.360. The SMILES string of the molecule is CCN1CCN(c2cc(C)nc(Nc3c(F)cccc3F)n2)CC1. The Kier molecular flexibility index (Phi) is 4.89. The van der Waals surface area contributed by atoms with Crippen LogP contribution < -0.4 is 10.2 Å².